The highest BCUT2D eigenvalue weighted by Crippen LogP contribution is 2.24. The zero-order valence-corrected chi connectivity index (χ0v) is 12.2. The van der Waals surface area contributed by atoms with Crippen LogP contribution < -0.4 is 5.32 Å². The van der Waals surface area contributed by atoms with Crippen molar-refractivity contribution in [2.45, 2.75) is 44.9 Å². The van der Waals surface area contributed by atoms with Gasteiger partial charge in [-0.1, -0.05) is 18.2 Å². The summed E-state index contributed by atoms with van der Waals surface area (Å²) in [5.74, 6) is 0. The van der Waals surface area contributed by atoms with Crippen molar-refractivity contribution in [3.8, 4) is 0 Å². The van der Waals surface area contributed by atoms with E-state index in [-0.39, 0.29) is 5.60 Å². The molecule has 1 aliphatic heterocycles. The summed E-state index contributed by atoms with van der Waals surface area (Å²) in [6.07, 6.45) is 4.05. The minimum absolute atomic E-state index is 0.00374. The number of nitrogens with zero attached hydrogens (tertiary/aromatic N) is 1. The Morgan fingerprint density at radius 1 is 1.30 bits per heavy atom. The van der Waals surface area contributed by atoms with Crippen molar-refractivity contribution in [3.05, 3.63) is 42.1 Å². The summed E-state index contributed by atoms with van der Waals surface area (Å²) in [5, 5.41) is 4.92. The van der Waals surface area contributed by atoms with Crippen molar-refractivity contribution in [2.75, 3.05) is 6.61 Å². The molecular weight excluding hydrogens is 248 g/mol. The summed E-state index contributed by atoms with van der Waals surface area (Å²) in [4.78, 5) is 4.41. The lowest BCUT2D eigenvalue weighted by Gasteiger charge is -2.36. The average Bonchev–Trinajstić information content (AvgIpc) is 2.44. The van der Waals surface area contributed by atoms with E-state index in [2.05, 4.69) is 48.4 Å². The predicted octanol–water partition coefficient (Wildman–Crippen LogP) is 3.28. The van der Waals surface area contributed by atoms with Crippen LogP contribution in [0, 0.1) is 0 Å². The van der Waals surface area contributed by atoms with Gasteiger partial charge in [0.05, 0.1) is 11.1 Å². The summed E-state index contributed by atoms with van der Waals surface area (Å²) in [7, 11) is 0. The van der Waals surface area contributed by atoms with E-state index in [9.17, 15) is 0 Å². The smallest absolute Gasteiger partial charge is 0.0705 e. The third kappa shape index (κ3) is 3.00. The molecule has 20 heavy (non-hydrogen) atoms. The molecule has 1 atom stereocenters. The monoisotopic (exact) mass is 270 g/mol. The molecule has 0 radical (unpaired) electrons. The van der Waals surface area contributed by atoms with Crippen LogP contribution >= 0.6 is 0 Å². The third-order valence-electron chi connectivity index (χ3n) is 4.02. The molecule has 3 rings (SSSR count). The molecule has 0 aliphatic carbocycles. The Balaban J connectivity index is 1.71. The first-order valence-electron chi connectivity index (χ1n) is 7.34. The summed E-state index contributed by atoms with van der Waals surface area (Å²) in [6.45, 7) is 6.08. The molecule has 1 unspecified atom stereocenters. The highest BCUT2D eigenvalue weighted by Gasteiger charge is 2.28. The van der Waals surface area contributed by atoms with E-state index in [1.807, 2.05) is 12.3 Å². The molecule has 2 heterocycles. The van der Waals surface area contributed by atoms with Gasteiger partial charge in [0, 0.05) is 30.8 Å². The summed E-state index contributed by atoms with van der Waals surface area (Å²) < 4.78 is 5.77. The molecule has 0 spiro atoms. The van der Waals surface area contributed by atoms with Crippen LogP contribution in [0.25, 0.3) is 10.9 Å². The second-order valence-corrected chi connectivity index (χ2v) is 6.17. The zero-order valence-electron chi connectivity index (χ0n) is 12.2. The van der Waals surface area contributed by atoms with Crippen LogP contribution in [0.15, 0.2) is 36.5 Å². The number of hydrogen-bond acceptors (Lipinski definition) is 3. The number of rotatable bonds is 3. The van der Waals surface area contributed by atoms with Crippen molar-refractivity contribution in [2.24, 2.45) is 0 Å². The van der Waals surface area contributed by atoms with Crippen molar-refractivity contribution in [1.29, 1.82) is 0 Å². The van der Waals surface area contributed by atoms with E-state index in [1.54, 1.807) is 0 Å². The molecule has 1 N–H and O–H groups in total. The summed E-state index contributed by atoms with van der Waals surface area (Å²) in [5.41, 5.74) is 2.38. The standard InChI is InChI=1S/C17H22N2O/c1-17(2)11-14(8-10-20-17)19-12-13-7-9-18-16-6-4-3-5-15(13)16/h3-7,9,14,19H,8,10-12H2,1-2H3. The second-order valence-electron chi connectivity index (χ2n) is 6.17. The van der Waals surface area contributed by atoms with Gasteiger partial charge in [0.25, 0.3) is 0 Å². The molecule has 0 amide bonds. The molecule has 1 aromatic carbocycles. The fourth-order valence-corrected chi connectivity index (χ4v) is 2.97. The number of nitrogens with one attached hydrogen (secondary N) is 1. The minimum Gasteiger partial charge on any atom is -0.375 e. The molecule has 3 nitrogen and oxygen atoms in total. The van der Waals surface area contributed by atoms with Gasteiger partial charge >= 0.3 is 0 Å². The van der Waals surface area contributed by atoms with Crippen LogP contribution in [0.2, 0.25) is 0 Å². The highest BCUT2D eigenvalue weighted by molar-refractivity contribution is 5.81. The quantitative estimate of drug-likeness (QED) is 0.929. The molecule has 1 aliphatic rings. The second kappa shape index (κ2) is 5.51. The summed E-state index contributed by atoms with van der Waals surface area (Å²) in [6, 6.07) is 11.0. The molecule has 106 valence electrons. The lowest BCUT2D eigenvalue weighted by atomic mass is 9.94. The molecule has 1 fully saturated rings. The Morgan fingerprint density at radius 3 is 3.00 bits per heavy atom. The lowest BCUT2D eigenvalue weighted by Crippen LogP contribution is -2.43. The van der Waals surface area contributed by atoms with Crippen molar-refractivity contribution in [3.63, 3.8) is 0 Å². The molecular formula is C17H22N2O. The average molecular weight is 270 g/mol. The Hall–Kier alpha value is -1.45. The number of ether oxygens (including phenoxy) is 1. The maximum atomic E-state index is 5.77. The lowest BCUT2D eigenvalue weighted by molar-refractivity contribution is -0.0630. The van der Waals surface area contributed by atoms with Crippen molar-refractivity contribution in [1.82, 2.24) is 10.3 Å². The minimum atomic E-state index is -0.00374. The first kappa shape index (κ1) is 13.5. The molecule has 3 heteroatoms. The fraction of sp³-hybridized carbons (Fsp3) is 0.471. The summed E-state index contributed by atoms with van der Waals surface area (Å²) >= 11 is 0. The Morgan fingerprint density at radius 2 is 2.15 bits per heavy atom. The Labute approximate surface area is 120 Å². The van der Waals surface area contributed by atoms with Crippen LogP contribution in [-0.4, -0.2) is 23.2 Å². The number of hydrogen-bond donors (Lipinski definition) is 1. The maximum Gasteiger partial charge on any atom is 0.0705 e. The van der Waals surface area contributed by atoms with Crippen LogP contribution in [0.5, 0.6) is 0 Å². The molecule has 0 bridgehead atoms. The SMILES string of the molecule is CC1(C)CC(NCc2ccnc3ccccc23)CCO1. The van der Waals surface area contributed by atoms with Crippen LogP contribution in [0.4, 0.5) is 0 Å². The number of benzene rings is 1. The van der Waals surface area contributed by atoms with Gasteiger partial charge in [-0.05, 0) is 44.4 Å². The van der Waals surface area contributed by atoms with Gasteiger partial charge in [-0.2, -0.15) is 0 Å². The van der Waals surface area contributed by atoms with Crippen molar-refractivity contribution >= 4 is 10.9 Å². The van der Waals surface area contributed by atoms with Gasteiger partial charge in [-0.25, -0.2) is 0 Å². The van der Waals surface area contributed by atoms with Crippen molar-refractivity contribution < 1.29 is 4.74 Å². The van der Waals surface area contributed by atoms with Gasteiger partial charge < -0.3 is 10.1 Å². The van der Waals surface area contributed by atoms with E-state index in [0.717, 1.165) is 31.5 Å². The van der Waals surface area contributed by atoms with E-state index >= 15 is 0 Å². The highest BCUT2D eigenvalue weighted by atomic mass is 16.5. The molecule has 2 aromatic rings. The molecule has 1 aromatic heterocycles. The fourth-order valence-electron chi connectivity index (χ4n) is 2.97. The largest absolute Gasteiger partial charge is 0.375 e. The van der Waals surface area contributed by atoms with E-state index in [0.29, 0.717) is 6.04 Å². The van der Waals surface area contributed by atoms with Crippen LogP contribution in [0.1, 0.15) is 32.3 Å². The van der Waals surface area contributed by atoms with Gasteiger partial charge in [0.15, 0.2) is 0 Å². The van der Waals surface area contributed by atoms with Gasteiger partial charge in [-0.15, -0.1) is 0 Å². The molecule has 1 saturated heterocycles. The van der Waals surface area contributed by atoms with Crippen LogP contribution in [-0.2, 0) is 11.3 Å². The zero-order chi connectivity index (χ0) is 14.0. The Bertz CT molecular complexity index is 589. The molecule has 0 saturated carbocycles. The maximum absolute atomic E-state index is 5.77. The number of aromatic nitrogens is 1. The van der Waals surface area contributed by atoms with Gasteiger partial charge in [0.2, 0.25) is 0 Å². The van der Waals surface area contributed by atoms with E-state index in [1.165, 1.54) is 10.9 Å². The van der Waals surface area contributed by atoms with Gasteiger partial charge in [-0.3, -0.25) is 4.98 Å². The van der Waals surface area contributed by atoms with E-state index in [4.69, 9.17) is 4.74 Å². The number of fused-ring (bicyclic) bond motifs is 1. The number of para-hydroxylation sites is 1. The van der Waals surface area contributed by atoms with Crippen LogP contribution in [0.3, 0.4) is 0 Å². The number of pyridine rings is 1. The first-order valence-corrected chi connectivity index (χ1v) is 7.34. The van der Waals surface area contributed by atoms with Gasteiger partial charge in [0.1, 0.15) is 0 Å². The third-order valence-corrected chi connectivity index (χ3v) is 4.02. The van der Waals surface area contributed by atoms with E-state index < -0.39 is 0 Å². The normalized spacial score (nSPS) is 22.0. The Kier molecular flexibility index (Phi) is 3.72. The first-order chi connectivity index (χ1) is 9.64. The topological polar surface area (TPSA) is 34.2 Å². The predicted molar refractivity (Wildman–Crippen MR) is 81.6 cm³/mol.